The average Bonchev–Trinajstić information content (AvgIpc) is 3.55. The van der Waals surface area contributed by atoms with Crippen molar-refractivity contribution in [3.63, 3.8) is 0 Å². The van der Waals surface area contributed by atoms with Crippen LogP contribution in [0, 0.1) is 11.8 Å². The Kier molecular flexibility index (Phi) is 12.8. The van der Waals surface area contributed by atoms with E-state index in [0.29, 0.717) is 55.5 Å². The molecule has 0 aliphatic carbocycles. The number of halogens is 1. The minimum Gasteiger partial charge on any atom is -0.493 e. The lowest BCUT2D eigenvalue weighted by atomic mass is 9.88. The lowest BCUT2D eigenvalue weighted by Gasteiger charge is -2.34. The predicted molar refractivity (Wildman–Crippen MR) is 196 cm³/mol. The number of aromatic nitrogens is 1. The molecule has 4 amide bonds. The Labute approximate surface area is 307 Å². The molecule has 3 aliphatic heterocycles. The van der Waals surface area contributed by atoms with E-state index in [2.05, 4.69) is 31.6 Å². The minimum atomic E-state index is -0.967. The number of hydrogen-bond acceptors (Lipinski definition) is 9. The molecule has 0 bridgehead atoms. The van der Waals surface area contributed by atoms with Crippen LogP contribution in [0.25, 0.3) is 10.2 Å². The maximum absolute atomic E-state index is 14.3. The molecule has 3 aliphatic rings. The molecule has 3 aromatic rings. The van der Waals surface area contributed by atoms with Gasteiger partial charge in [0.25, 0.3) is 0 Å². The highest BCUT2D eigenvalue weighted by molar-refractivity contribution is 7.18. The van der Waals surface area contributed by atoms with Gasteiger partial charge in [0.15, 0.2) is 0 Å². The van der Waals surface area contributed by atoms with Crippen molar-refractivity contribution in [2.24, 2.45) is 11.8 Å². The summed E-state index contributed by atoms with van der Waals surface area (Å²) in [5.41, 5.74) is 1.66. The lowest BCUT2D eigenvalue weighted by Crippen LogP contribution is -2.60. The molecule has 274 valence electrons. The van der Waals surface area contributed by atoms with Gasteiger partial charge >= 0.3 is 0 Å². The summed E-state index contributed by atoms with van der Waals surface area (Å²) in [6.07, 6.45) is 4.35. The molecule has 0 saturated carbocycles. The molecule has 0 spiro atoms. The van der Waals surface area contributed by atoms with E-state index in [1.807, 2.05) is 36.4 Å². The van der Waals surface area contributed by atoms with Crippen molar-refractivity contribution < 1.29 is 28.7 Å². The normalized spacial score (nSPS) is 19.9. The molecule has 0 radical (unpaired) electrons. The molecular weight excluding hydrogens is 692 g/mol. The van der Waals surface area contributed by atoms with Crippen molar-refractivity contribution >= 4 is 56.8 Å². The quantitative estimate of drug-likeness (QED) is 0.177. The van der Waals surface area contributed by atoms with E-state index in [0.717, 1.165) is 47.5 Å². The standard InChI is InChI=1S/C37H47ClN6O6S/c1-2-32(45)40-29(21-33-41-27-8-7-24(38)20-31(27)51-33)36(47)44-34(23-11-16-49-17-12-23)37(48)43-28(19-22-9-14-39-15-10-22)35(46)42-26-13-18-50-30-6-4-3-5-25(26)30/h3-8,20,22-23,26,28-29,34,39H,2,9-19,21H2,1H3,(H,40,45)(H,42,46)(H,43,48)(H,44,47)/t26-,28+,29+,34?/m1/s1. The number of thiazole rings is 1. The Hall–Kier alpha value is -3.78. The Bertz CT molecular complexity index is 1690. The van der Waals surface area contributed by atoms with Crippen molar-refractivity contribution in [2.75, 3.05) is 32.9 Å². The van der Waals surface area contributed by atoms with Gasteiger partial charge in [-0.25, -0.2) is 4.98 Å². The molecular formula is C37H47ClN6O6S. The highest BCUT2D eigenvalue weighted by Crippen LogP contribution is 2.32. The summed E-state index contributed by atoms with van der Waals surface area (Å²) in [6.45, 7) is 4.81. The number of fused-ring (bicyclic) bond motifs is 2. The first-order valence-electron chi connectivity index (χ1n) is 18.0. The molecule has 5 N–H and O–H groups in total. The number of carbonyl (C=O) groups excluding carboxylic acids is 4. The van der Waals surface area contributed by atoms with Crippen LogP contribution in [0.3, 0.4) is 0 Å². The molecule has 1 unspecified atom stereocenters. The van der Waals surface area contributed by atoms with Gasteiger partial charge in [-0.15, -0.1) is 11.3 Å². The van der Waals surface area contributed by atoms with Crippen LogP contribution in [0.1, 0.15) is 68.5 Å². The lowest BCUT2D eigenvalue weighted by molar-refractivity contribution is -0.136. The van der Waals surface area contributed by atoms with Crippen LogP contribution in [0.4, 0.5) is 0 Å². The van der Waals surface area contributed by atoms with Crippen LogP contribution in [0.15, 0.2) is 42.5 Å². The fraction of sp³-hybridized carbons (Fsp3) is 0.541. The summed E-state index contributed by atoms with van der Waals surface area (Å²) in [6, 6.07) is 10.1. The molecule has 6 rings (SSSR count). The topological polar surface area (TPSA) is 160 Å². The molecule has 4 heterocycles. The summed E-state index contributed by atoms with van der Waals surface area (Å²) < 4.78 is 12.3. The van der Waals surface area contributed by atoms with E-state index in [1.165, 1.54) is 11.3 Å². The molecule has 51 heavy (non-hydrogen) atoms. The van der Waals surface area contributed by atoms with Gasteiger partial charge in [0, 0.05) is 43.1 Å². The molecule has 14 heteroatoms. The third kappa shape index (κ3) is 9.76. The molecule has 12 nitrogen and oxygen atoms in total. The number of benzene rings is 2. The second-order valence-electron chi connectivity index (χ2n) is 13.6. The van der Waals surface area contributed by atoms with Crippen LogP contribution < -0.4 is 31.3 Å². The zero-order valence-corrected chi connectivity index (χ0v) is 30.5. The smallest absolute Gasteiger partial charge is 0.243 e. The predicted octanol–water partition coefficient (Wildman–Crippen LogP) is 3.81. The summed E-state index contributed by atoms with van der Waals surface area (Å²) in [5, 5.41) is 16.7. The van der Waals surface area contributed by atoms with Crippen molar-refractivity contribution in [2.45, 2.75) is 82.5 Å². The zero-order valence-electron chi connectivity index (χ0n) is 28.9. The number of piperidine rings is 1. The highest BCUT2D eigenvalue weighted by Gasteiger charge is 2.37. The van der Waals surface area contributed by atoms with Crippen LogP contribution in [0.2, 0.25) is 5.02 Å². The van der Waals surface area contributed by atoms with Gasteiger partial charge in [-0.1, -0.05) is 36.7 Å². The average molecular weight is 739 g/mol. The van der Waals surface area contributed by atoms with E-state index < -0.39 is 29.9 Å². The monoisotopic (exact) mass is 738 g/mol. The first-order chi connectivity index (χ1) is 24.8. The van der Waals surface area contributed by atoms with Gasteiger partial charge in [0.2, 0.25) is 23.6 Å². The molecule has 2 saturated heterocycles. The fourth-order valence-electron chi connectivity index (χ4n) is 7.12. The van der Waals surface area contributed by atoms with Crippen molar-refractivity contribution in [1.82, 2.24) is 31.6 Å². The SMILES string of the molecule is CCC(=O)N[C@@H](Cc1nc2ccc(Cl)cc2s1)C(=O)NC(C(=O)N[C@@H](CC1CCNCC1)C(=O)N[C@@H]1CCOc2ccccc21)C1CCOCC1. The Balaban J connectivity index is 1.21. The van der Waals surface area contributed by atoms with Gasteiger partial charge in [0.1, 0.15) is 23.9 Å². The molecule has 1 aromatic heterocycles. The zero-order chi connectivity index (χ0) is 35.7. The van der Waals surface area contributed by atoms with Crippen molar-refractivity contribution in [3.8, 4) is 5.75 Å². The van der Waals surface area contributed by atoms with Crippen LogP contribution in [-0.4, -0.2) is 79.6 Å². The number of hydrogen-bond donors (Lipinski definition) is 5. The van der Waals surface area contributed by atoms with Crippen LogP contribution in [0.5, 0.6) is 5.75 Å². The summed E-state index contributed by atoms with van der Waals surface area (Å²) >= 11 is 7.59. The minimum absolute atomic E-state index is 0.143. The van der Waals surface area contributed by atoms with E-state index in [1.54, 1.807) is 13.0 Å². The number of rotatable bonds is 13. The maximum atomic E-state index is 14.3. The maximum Gasteiger partial charge on any atom is 0.243 e. The number of carbonyl (C=O) groups is 4. The molecule has 2 aromatic carbocycles. The van der Waals surface area contributed by atoms with Gasteiger partial charge in [0.05, 0.1) is 27.9 Å². The second-order valence-corrected chi connectivity index (χ2v) is 15.1. The number of nitrogens with one attached hydrogen (secondary N) is 5. The van der Waals surface area contributed by atoms with Gasteiger partial charge in [-0.2, -0.15) is 0 Å². The summed E-state index contributed by atoms with van der Waals surface area (Å²) in [4.78, 5) is 59.8. The van der Waals surface area contributed by atoms with E-state index >= 15 is 0 Å². The third-order valence-corrected chi connectivity index (χ3v) is 11.3. The Morgan fingerprint density at radius 2 is 1.71 bits per heavy atom. The molecule has 4 atom stereocenters. The first-order valence-corrected chi connectivity index (χ1v) is 19.2. The first kappa shape index (κ1) is 37.0. The largest absolute Gasteiger partial charge is 0.493 e. The number of para-hydroxylation sites is 1. The van der Waals surface area contributed by atoms with Gasteiger partial charge < -0.3 is 36.1 Å². The summed E-state index contributed by atoms with van der Waals surface area (Å²) in [7, 11) is 0. The second kappa shape index (κ2) is 17.6. The van der Waals surface area contributed by atoms with E-state index in [-0.39, 0.29) is 42.5 Å². The van der Waals surface area contributed by atoms with Crippen molar-refractivity contribution in [1.29, 1.82) is 0 Å². The van der Waals surface area contributed by atoms with E-state index in [9.17, 15) is 19.2 Å². The Morgan fingerprint density at radius 3 is 2.49 bits per heavy atom. The third-order valence-electron chi connectivity index (χ3n) is 10.00. The van der Waals surface area contributed by atoms with Gasteiger partial charge in [-0.05, 0) is 81.3 Å². The highest BCUT2D eigenvalue weighted by atomic mass is 35.5. The number of ether oxygens (including phenoxy) is 2. The number of nitrogens with zero attached hydrogens (tertiary/aromatic N) is 1. The van der Waals surface area contributed by atoms with Crippen LogP contribution >= 0.6 is 22.9 Å². The van der Waals surface area contributed by atoms with Crippen molar-refractivity contribution in [3.05, 3.63) is 58.1 Å². The van der Waals surface area contributed by atoms with E-state index in [4.69, 9.17) is 21.1 Å². The fourth-order valence-corrected chi connectivity index (χ4v) is 8.41. The van der Waals surface area contributed by atoms with Crippen LogP contribution in [-0.2, 0) is 30.3 Å². The Morgan fingerprint density at radius 1 is 0.922 bits per heavy atom. The van der Waals surface area contributed by atoms with Gasteiger partial charge in [-0.3, -0.25) is 19.2 Å². The summed E-state index contributed by atoms with van der Waals surface area (Å²) in [5.74, 6) is -0.692. The molecule has 2 fully saturated rings. The number of amides is 4.